The van der Waals surface area contributed by atoms with Crippen molar-refractivity contribution in [3.05, 3.63) is 59.2 Å². The van der Waals surface area contributed by atoms with Crippen LogP contribution >= 0.6 is 12.6 Å². The smallest absolute Gasteiger partial charge is 0.0571 e. The van der Waals surface area contributed by atoms with Gasteiger partial charge < -0.3 is 4.74 Å². The van der Waals surface area contributed by atoms with Gasteiger partial charge in [-0.1, -0.05) is 62.2 Å². The van der Waals surface area contributed by atoms with Crippen LogP contribution in [0, 0.1) is 5.92 Å². The fourth-order valence-electron chi connectivity index (χ4n) is 6.34. The van der Waals surface area contributed by atoms with Crippen molar-refractivity contribution in [1.29, 1.82) is 0 Å². The van der Waals surface area contributed by atoms with Gasteiger partial charge >= 0.3 is 0 Å². The molecule has 0 heterocycles. The normalized spacial score (nSPS) is 25.8. The maximum absolute atomic E-state index is 5.57. The molecule has 2 aliphatic carbocycles. The van der Waals surface area contributed by atoms with Crippen molar-refractivity contribution in [2.75, 3.05) is 12.9 Å². The molecule has 0 radical (unpaired) electrons. The Balaban J connectivity index is 1.38. The molecule has 2 fully saturated rings. The summed E-state index contributed by atoms with van der Waals surface area (Å²) in [6.07, 6.45) is 16.1. The SMILES string of the molecule is CCc1cc(C2CCC(OC)CC2)ccc1-c1ccc(C2CCC(CCCCS)CC2)cc1. The number of rotatable bonds is 9. The lowest BCUT2D eigenvalue weighted by Gasteiger charge is -2.29. The number of thiol groups is 1. The highest BCUT2D eigenvalue weighted by Crippen LogP contribution is 2.39. The highest BCUT2D eigenvalue weighted by molar-refractivity contribution is 7.80. The van der Waals surface area contributed by atoms with Gasteiger partial charge in [0.15, 0.2) is 0 Å². The standard InChI is InChI=1S/C31H44OS/c1-3-24-22-29(27-15-18-30(32-2)19-16-27)17-20-31(24)28-13-11-26(12-14-28)25-9-7-23(8-10-25)6-4-5-21-33/h11-14,17,20,22-23,25,27,30,33H,3-10,15-16,18-19,21H2,1-2H3. The second-order valence-electron chi connectivity index (χ2n) is 10.5. The van der Waals surface area contributed by atoms with Crippen molar-refractivity contribution >= 4 is 12.6 Å². The third-order valence-electron chi connectivity index (χ3n) is 8.55. The van der Waals surface area contributed by atoms with Crippen LogP contribution in [0.2, 0.25) is 0 Å². The minimum absolute atomic E-state index is 0.470. The van der Waals surface area contributed by atoms with Crippen LogP contribution in [0.5, 0.6) is 0 Å². The van der Waals surface area contributed by atoms with Gasteiger partial charge in [0.1, 0.15) is 0 Å². The Morgan fingerprint density at radius 2 is 1.42 bits per heavy atom. The lowest BCUT2D eigenvalue weighted by atomic mass is 9.77. The maximum Gasteiger partial charge on any atom is 0.0571 e. The number of aryl methyl sites for hydroxylation is 1. The van der Waals surface area contributed by atoms with Gasteiger partial charge in [-0.2, -0.15) is 12.6 Å². The van der Waals surface area contributed by atoms with Crippen molar-refractivity contribution in [3.8, 4) is 11.1 Å². The largest absolute Gasteiger partial charge is 0.381 e. The lowest BCUT2D eigenvalue weighted by molar-refractivity contribution is 0.0658. The van der Waals surface area contributed by atoms with E-state index in [1.807, 2.05) is 7.11 Å². The number of methoxy groups -OCH3 is 1. The monoisotopic (exact) mass is 464 g/mol. The minimum atomic E-state index is 0.470. The van der Waals surface area contributed by atoms with E-state index < -0.39 is 0 Å². The predicted octanol–water partition coefficient (Wildman–Crippen LogP) is 8.96. The summed E-state index contributed by atoms with van der Waals surface area (Å²) in [6.45, 7) is 2.30. The molecule has 0 atom stereocenters. The molecule has 0 aliphatic heterocycles. The molecule has 0 N–H and O–H groups in total. The summed E-state index contributed by atoms with van der Waals surface area (Å²) in [6, 6.07) is 16.9. The molecule has 4 rings (SSSR count). The zero-order chi connectivity index (χ0) is 23.0. The van der Waals surface area contributed by atoms with Crippen LogP contribution < -0.4 is 0 Å². The second-order valence-corrected chi connectivity index (χ2v) is 11.0. The molecular weight excluding hydrogens is 420 g/mol. The molecule has 0 aromatic heterocycles. The molecule has 1 nitrogen and oxygen atoms in total. The highest BCUT2D eigenvalue weighted by Gasteiger charge is 2.24. The number of hydrogen-bond acceptors (Lipinski definition) is 2. The molecule has 0 saturated heterocycles. The quantitative estimate of drug-likeness (QED) is 0.288. The Morgan fingerprint density at radius 3 is 2.06 bits per heavy atom. The molecule has 0 amide bonds. The zero-order valence-corrected chi connectivity index (χ0v) is 21.8. The number of ether oxygens (including phenoxy) is 1. The number of hydrogen-bond donors (Lipinski definition) is 1. The fourth-order valence-corrected chi connectivity index (χ4v) is 6.56. The lowest BCUT2D eigenvalue weighted by Crippen LogP contribution is -2.19. The summed E-state index contributed by atoms with van der Waals surface area (Å²) in [5.74, 6) is 3.46. The van der Waals surface area contributed by atoms with Crippen molar-refractivity contribution < 1.29 is 4.74 Å². The first kappa shape index (κ1) is 24.9. The molecule has 180 valence electrons. The summed E-state index contributed by atoms with van der Waals surface area (Å²) < 4.78 is 5.57. The van der Waals surface area contributed by atoms with E-state index in [1.54, 1.807) is 5.56 Å². The summed E-state index contributed by atoms with van der Waals surface area (Å²) in [7, 11) is 1.86. The van der Waals surface area contributed by atoms with Crippen LogP contribution in [0.1, 0.15) is 106 Å². The molecule has 0 bridgehead atoms. The Morgan fingerprint density at radius 1 is 0.788 bits per heavy atom. The number of unbranched alkanes of at least 4 members (excludes halogenated alkanes) is 1. The van der Waals surface area contributed by atoms with Gasteiger partial charge in [0.25, 0.3) is 0 Å². The topological polar surface area (TPSA) is 9.23 Å². The minimum Gasteiger partial charge on any atom is -0.381 e. The van der Waals surface area contributed by atoms with Crippen LogP contribution in [0.15, 0.2) is 42.5 Å². The van der Waals surface area contributed by atoms with Crippen LogP contribution in [0.3, 0.4) is 0 Å². The van der Waals surface area contributed by atoms with Gasteiger partial charge in [0.2, 0.25) is 0 Å². The van der Waals surface area contributed by atoms with Gasteiger partial charge in [-0.05, 0) is 116 Å². The summed E-state index contributed by atoms with van der Waals surface area (Å²) >= 11 is 4.36. The summed E-state index contributed by atoms with van der Waals surface area (Å²) in [5.41, 5.74) is 7.39. The zero-order valence-electron chi connectivity index (χ0n) is 20.9. The van der Waals surface area contributed by atoms with Gasteiger partial charge in [-0.25, -0.2) is 0 Å². The molecular formula is C31H44OS. The van der Waals surface area contributed by atoms with E-state index in [9.17, 15) is 0 Å². The first-order valence-electron chi connectivity index (χ1n) is 13.6. The highest BCUT2D eigenvalue weighted by atomic mass is 32.1. The van der Waals surface area contributed by atoms with Crippen molar-refractivity contribution in [2.45, 2.75) is 102 Å². The molecule has 0 spiro atoms. The molecule has 2 aliphatic rings. The first-order chi connectivity index (χ1) is 16.2. The van der Waals surface area contributed by atoms with Gasteiger partial charge in [0.05, 0.1) is 6.10 Å². The predicted molar refractivity (Wildman–Crippen MR) is 146 cm³/mol. The van der Waals surface area contributed by atoms with Crippen LogP contribution in [-0.4, -0.2) is 19.0 Å². The Bertz CT molecular complexity index is 842. The van der Waals surface area contributed by atoms with E-state index in [0.29, 0.717) is 12.0 Å². The molecule has 2 aromatic carbocycles. The van der Waals surface area contributed by atoms with Crippen molar-refractivity contribution in [2.24, 2.45) is 5.92 Å². The van der Waals surface area contributed by atoms with E-state index in [2.05, 4.69) is 62.0 Å². The fraction of sp³-hybridized carbons (Fsp3) is 0.613. The van der Waals surface area contributed by atoms with Crippen molar-refractivity contribution in [3.63, 3.8) is 0 Å². The van der Waals surface area contributed by atoms with Crippen LogP contribution in [0.4, 0.5) is 0 Å². The molecule has 2 heteroatoms. The first-order valence-corrected chi connectivity index (χ1v) is 14.2. The Kier molecular flexibility index (Phi) is 9.38. The second kappa shape index (κ2) is 12.5. The third kappa shape index (κ3) is 6.45. The van der Waals surface area contributed by atoms with Gasteiger partial charge in [-0.15, -0.1) is 0 Å². The van der Waals surface area contributed by atoms with Crippen LogP contribution in [-0.2, 0) is 11.2 Å². The van der Waals surface area contributed by atoms with E-state index in [1.165, 1.54) is 92.9 Å². The van der Waals surface area contributed by atoms with Crippen molar-refractivity contribution in [1.82, 2.24) is 0 Å². The summed E-state index contributed by atoms with van der Waals surface area (Å²) in [5, 5.41) is 0. The maximum atomic E-state index is 5.57. The molecule has 2 saturated carbocycles. The molecule has 2 aromatic rings. The molecule has 33 heavy (non-hydrogen) atoms. The van der Waals surface area contributed by atoms with E-state index in [4.69, 9.17) is 4.74 Å². The third-order valence-corrected chi connectivity index (χ3v) is 8.87. The van der Waals surface area contributed by atoms with Gasteiger partial charge in [-0.3, -0.25) is 0 Å². The van der Waals surface area contributed by atoms with E-state index >= 15 is 0 Å². The van der Waals surface area contributed by atoms with Crippen LogP contribution in [0.25, 0.3) is 11.1 Å². The van der Waals surface area contributed by atoms with Gasteiger partial charge in [0, 0.05) is 7.11 Å². The average molecular weight is 465 g/mol. The Hall–Kier alpha value is -1.25. The molecule has 0 unspecified atom stereocenters. The number of benzene rings is 2. The summed E-state index contributed by atoms with van der Waals surface area (Å²) in [4.78, 5) is 0. The Labute approximate surface area is 208 Å². The average Bonchev–Trinajstić information content (AvgIpc) is 2.89. The van der Waals surface area contributed by atoms with E-state index in [-0.39, 0.29) is 0 Å². The van der Waals surface area contributed by atoms with E-state index in [0.717, 1.165) is 24.0 Å².